The molecule has 9 heteroatoms. The Morgan fingerprint density at radius 3 is 2.48 bits per heavy atom. The van der Waals surface area contributed by atoms with Gasteiger partial charge in [0.25, 0.3) is 0 Å². The summed E-state index contributed by atoms with van der Waals surface area (Å²) in [7, 11) is -1.96. The molecule has 1 aromatic carbocycles. The first kappa shape index (κ1) is 25.3. The molecule has 0 aromatic heterocycles. The van der Waals surface area contributed by atoms with Gasteiger partial charge in [0.15, 0.2) is 0 Å². The van der Waals surface area contributed by atoms with E-state index in [0.29, 0.717) is 38.0 Å². The number of carbonyl (C=O) groups is 1. The molecule has 0 heterocycles. The van der Waals surface area contributed by atoms with Gasteiger partial charge in [-0.2, -0.15) is 0 Å². The second-order valence-electron chi connectivity index (χ2n) is 6.87. The van der Waals surface area contributed by atoms with E-state index in [1.165, 1.54) is 31.4 Å². The van der Waals surface area contributed by atoms with E-state index in [0.717, 1.165) is 25.7 Å². The molecule has 0 saturated carbocycles. The molecule has 0 aliphatic carbocycles. The number of hydrogen-bond acceptors (Lipinski definition) is 6. The second-order valence-corrected chi connectivity index (χ2v) is 8.79. The van der Waals surface area contributed by atoms with E-state index in [-0.39, 0.29) is 24.1 Å². The molecule has 0 bridgehead atoms. The average molecular weight is 434 g/mol. The van der Waals surface area contributed by atoms with Gasteiger partial charge < -0.3 is 14.6 Å². The zero-order valence-electron chi connectivity index (χ0n) is 16.9. The number of hydrogen-bond donors (Lipinski definition) is 2. The van der Waals surface area contributed by atoms with Crippen molar-refractivity contribution in [3.8, 4) is 5.75 Å². The summed E-state index contributed by atoms with van der Waals surface area (Å²) >= 11 is 0. The van der Waals surface area contributed by atoms with Crippen LogP contribution in [0, 0.1) is 5.82 Å². The fourth-order valence-electron chi connectivity index (χ4n) is 2.63. The van der Waals surface area contributed by atoms with Crippen molar-refractivity contribution in [3.05, 3.63) is 30.1 Å². The van der Waals surface area contributed by atoms with Crippen LogP contribution in [0.25, 0.3) is 0 Å². The van der Waals surface area contributed by atoms with Crippen LogP contribution >= 0.6 is 0 Å². The largest absolute Gasteiger partial charge is 0.491 e. The summed E-state index contributed by atoms with van der Waals surface area (Å²) in [6, 6.07) is 5.53. The molecule has 1 unspecified atom stereocenters. The number of carbonyl (C=O) groups excluding carboxylic acids is 1. The van der Waals surface area contributed by atoms with Crippen LogP contribution in [-0.2, 0) is 19.6 Å². The maximum Gasteiger partial charge on any atom is 0.305 e. The Hall–Kier alpha value is -1.71. The number of unbranched alkanes of at least 4 members (excludes halogenated alkanes) is 4. The molecule has 166 valence electrons. The van der Waals surface area contributed by atoms with E-state index in [1.54, 1.807) is 0 Å². The number of rotatable bonds is 16. The van der Waals surface area contributed by atoms with E-state index in [9.17, 15) is 22.7 Å². The quantitative estimate of drug-likeness (QED) is 0.307. The van der Waals surface area contributed by atoms with Gasteiger partial charge in [0.05, 0.1) is 19.0 Å². The fraction of sp³-hybridized carbons (Fsp3) is 0.650. The van der Waals surface area contributed by atoms with Gasteiger partial charge in [-0.15, -0.1) is 0 Å². The Morgan fingerprint density at radius 1 is 1.10 bits per heavy atom. The van der Waals surface area contributed by atoms with E-state index in [1.807, 2.05) is 0 Å². The topological polar surface area (TPSA) is 102 Å². The van der Waals surface area contributed by atoms with E-state index >= 15 is 0 Å². The molecule has 0 aliphatic heterocycles. The van der Waals surface area contributed by atoms with Gasteiger partial charge in [-0.05, 0) is 56.4 Å². The summed E-state index contributed by atoms with van der Waals surface area (Å²) in [6.45, 7) is 0.460. The van der Waals surface area contributed by atoms with Crippen molar-refractivity contribution < 1.29 is 32.2 Å². The minimum absolute atomic E-state index is 0.0148. The Bertz CT molecular complexity index is 681. The second kappa shape index (κ2) is 14.3. The fourth-order valence-corrected chi connectivity index (χ4v) is 3.81. The maximum atomic E-state index is 12.8. The first-order chi connectivity index (χ1) is 13.8. The number of nitrogens with one attached hydrogen (secondary N) is 1. The molecule has 0 aliphatic rings. The number of ether oxygens (including phenoxy) is 2. The van der Waals surface area contributed by atoms with Gasteiger partial charge in [-0.3, -0.25) is 4.79 Å². The predicted molar refractivity (Wildman–Crippen MR) is 109 cm³/mol. The standard InChI is InChI=1S/C20H32FNO6S/c1-27-20(24)9-4-2-3-6-14-22-29(25,26)15-7-5-8-18(23)16-28-19-12-10-17(21)11-13-19/h10-13,18,22-23H,2-9,14-16H2,1H3. The van der Waals surface area contributed by atoms with Crippen molar-refractivity contribution in [3.63, 3.8) is 0 Å². The van der Waals surface area contributed by atoms with Gasteiger partial charge >= 0.3 is 5.97 Å². The number of benzene rings is 1. The highest BCUT2D eigenvalue weighted by Gasteiger charge is 2.11. The van der Waals surface area contributed by atoms with Crippen LogP contribution in [0.2, 0.25) is 0 Å². The Kier molecular flexibility index (Phi) is 12.5. The number of sulfonamides is 1. The van der Waals surface area contributed by atoms with Crippen LogP contribution < -0.4 is 9.46 Å². The first-order valence-electron chi connectivity index (χ1n) is 9.93. The molecule has 1 rings (SSSR count). The van der Waals surface area contributed by atoms with Crippen molar-refractivity contribution in [1.29, 1.82) is 0 Å². The van der Waals surface area contributed by atoms with Crippen LogP contribution in [0.5, 0.6) is 5.75 Å². The lowest BCUT2D eigenvalue weighted by Crippen LogP contribution is -2.27. The Labute approximate surface area is 172 Å². The van der Waals surface area contributed by atoms with Crippen LogP contribution in [0.3, 0.4) is 0 Å². The number of aliphatic hydroxyl groups excluding tert-OH is 1. The van der Waals surface area contributed by atoms with Crippen LogP contribution in [0.1, 0.15) is 51.4 Å². The summed E-state index contributed by atoms with van der Waals surface area (Å²) in [5.41, 5.74) is 0. The lowest BCUT2D eigenvalue weighted by Gasteiger charge is -2.12. The molecule has 2 N–H and O–H groups in total. The third kappa shape index (κ3) is 13.2. The van der Waals surface area contributed by atoms with Crippen molar-refractivity contribution in [2.45, 2.75) is 57.5 Å². The lowest BCUT2D eigenvalue weighted by molar-refractivity contribution is -0.140. The molecule has 0 amide bonds. The molecule has 1 atom stereocenters. The summed E-state index contributed by atoms with van der Waals surface area (Å²) in [5, 5.41) is 9.90. The number of aliphatic hydroxyl groups is 1. The van der Waals surface area contributed by atoms with Crippen molar-refractivity contribution in [1.82, 2.24) is 4.72 Å². The highest BCUT2D eigenvalue weighted by molar-refractivity contribution is 7.89. The summed E-state index contributed by atoms with van der Waals surface area (Å²) in [6.07, 6.45) is 4.28. The smallest absolute Gasteiger partial charge is 0.305 e. The summed E-state index contributed by atoms with van der Waals surface area (Å²) < 4.78 is 49.2. The van der Waals surface area contributed by atoms with Crippen LogP contribution in [0.4, 0.5) is 4.39 Å². The van der Waals surface area contributed by atoms with E-state index in [4.69, 9.17) is 4.74 Å². The first-order valence-corrected chi connectivity index (χ1v) is 11.6. The van der Waals surface area contributed by atoms with Crippen molar-refractivity contribution in [2.75, 3.05) is 26.0 Å². The Balaban J connectivity index is 2.04. The third-order valence-electron chi connectivity index (χ3n) is 4.31. The van der Waals surface area contributed by atoms with Gasteiger partial charge in [0.2, 0.25) is 10.0 Å². The Morgan fingerprint density at radius 2 is 1.79 bits per heavy atom. The maximum absolute atomic E-state index is 12.8. The van der Waals surface area contributed by atoms with Crippen molar-refractivity contribution >= 4 is 16.0 Å². The normalized spacial score (nSPS) is 12.5. The molecular weight excluding hydrogens is 401 g/mol. The van der Waals surface area contributed by atoms with Gasteiger partial charge in [0.1, 0.15) is 18.2 Å². The highest BCUT2D eigenvalue weighted by Crippen LogP contribution is 2.12. The molecule has 7 nitrogen and oxygen atoms in total. The monoisotopic (exact) mass is 433 g/mol. The minimum Gasteiger partial charge on any atom is -0.491 e. The zero-order valence-corrected chi connectivity index (χ0v) is 17.8. The number of methoxy groups -OCH3 is 1. The average Bonchev–Trinajstić information content (AvgIpc) is 2.69. The molecular formula is C20H32FNO6S. The van der Waals surface area contributed by atoms with Gasteiger partial charge in [-0.25, -0.2) is 17.5 Å². The number of halogens is 1. The molecule has 0 spiro atoms. The van der Waals surface area contributed by atoms with Gasteiger partial charge in [0, 0.05) is 13.0 Å². The van der Waals surface area contributed by atoms with Crippen LogP contribution in [-0.4, -0.2) is 51.6 Å². The highest BCUT2D eigenvalue weighted by atomic mass is 32.2. The zero-order chi connectivity index (χ0) is 21.5. The van der Waals surface area contributed by atoms with Crippen LogP contribution in [0.15, 0.2) is 24.3 Å². The minimum atomic E-state index is -3.32. The SMILES string of the molecule is COC(=O)CCCCCCNS(=O)(=O)CCCCC(O)COc1ccc(F)cc1. The summed E-state index contributed by atoms with van der Waals surface area (Å²) in [5.74, 6) is -0.0902. The van der Waals surface area contributed by atoms with Crippen molar-refractivity contribution in [2.24, 2.45) is 0 Å². The molecule has 0 saturated heterocycles. The van der Waals surface area contributed by atoms with Gasteiger partial charge in [-0.1, -0.05) is 12.8 Å². The molecule has 29 heavy (non-hydrogen) atoms. The number of esters is 1. The molecule has 1 aromatic rings. The van der Waals surface area contributed by atoms with E-state index < -0.39 is 16.1 Å². The predicted octanol–water partition coefficient (Wildman–Crippen LogP) is 2.78. The lowest BCUT2D eigenvalue weighted by atomic mass is 10.1. The summed E-state index contributed by atoms with van der Waals surface area (Å²) in [4.78, 5) is 11.0. The third-order valence-corrected chi connectivity index (χ3v) is 5.78. The molecule has 0 fully saturated rings. The molecule has 0 radical (unpaired) electrons. The van der Waals surface area contributed by atoms with E-state index in [2.05, 4.69) is 9.46 Å².